The molecule has 0 fully saturated rings. The number of carbonyl (C=O) groups excluding carboxylic acids is 1. The SMILES string of the molecule is COc1ccc(C(=O)Nc2ccccc2SC(F)F)c(OC)c1. The van der Waals surface area contributed by atoms with Gasteiger partial charge in [-0.25, -0.2) is 0 Å². The van der Waals surface area contributed by atoms with Crippen LogP contribution in [0.4, 0.5) is 14.5 Å². The molecule has 0 heterocycles. The fraction of sp³-hybridized carbons (Fsp3) is 0.188. The summed E-state index contributed by atoms with van der Waals surface area (Å²) in [6.45, 7) is 0. The number of ether oxygens (including phenoxy) is 2. The molecule has 0 aromatic heterocycles. The summed E-state index contributed by atoms with van der Waals surface area (Å²) in [5.41, 5.74) is 0.603. The van der Waals surface area contributed by atoms with Crippen LogP contribution < -0.4 is 14.8 Å². The van der Waals surface area contributed by atoms with Crippen LogP contribution in [0.25, 0.3) is 0 Å². The average Bonchev–Trinajstić information content (AvgIpc) is 2.55. The quantitative estimate of drug-likeness (QED) is 0.799. The first-order valence-corrected chi connectivity index (χ1v) is 7.50. The van der Waals surface area contributed by atoms with Gasteiger partial charge in [0.2, 0.25) is 0 Å². The highest BCUT2D eigenvalue weighted by molar-refractivity contribution is 7.99. The van der Waals surface area contributed by atoms with Crippen LogP contribution in [0.5, 0.6) is 11.5 Å². The minimum atomic E-state index is -2.57. The Morgan fingerprint density at radius 1 is 1.13 bits per heavy atom. The van der Waals surface area contributed by atoms with E-state index in [0.717, 1.165) is 0 Å². The molecule has 0 unspecified atom stereocenters. The molecule has 1 amide bonds. The maximum atomic E-state index is 12.6. The van der Waals surface area contributed by atoms with E-state index >= 15 is 0 Å². The van der Waals surface area contributed by atoms with Crippen LogP contribution in [0, 0.1) is 0 Å². The van der Waals surface area contributed by atoms with Crippen molar-refractivity contribution in [1.82, 2.24) is 0 Å². The van der Waals surface area contributed by atoms with Gasteiger partial charge in [-0.3, -0.25) is 4.79 Å². The van der Waals surface area contributed by atoms with Crippen LogP contribution in [0.1, 0.15) is 10.4 Å². The van der Waals surface area contributed by atoms with E-state index in [-0.39, 0.29) is 5.56 Å². The van der Waals surface area contributed by atoms with Crippen LogP contribution in [-0.2, 0) is 0 Å². The van der Waals surface area contributed by atoms with E-state index in [9.17, 15) is 13.6 Å². The number of thioether (sulfide) groups is 1. The normalized spacial score (nSPS) is 10.5. The molecular formula is C16H15F2NO3S. The number of anilines is 1. The topological polar surface area (TPSA) is 47.6 Å². The lowest BCUT2D eigenvalue weighted by Gasteiger charge is -2.13. The molecule has 4 nitrogen and oxygen atoms in total. The Hall–Kier alpha value is -2.28. The van der Waals surface area contributed by atoms with Crippen molar-refractivity contribution < 1.29 is 23.0 Å². The number of amides is 1. The number of para-hydroxylation sites is 1. The zero-order valence-corrected chi connectivity index (χ0v) is 13.3. The van der Waals surface area contributed by atoms with E-state index in [4.69, 9.17) is 9.47 Å². The van der Waals surface area contributed by atoms with Crippen molar-refractivity contribution in [3.63, 3.8) is 0 Å². The van der Waals surface area contributed by atoms with Gasteiger partial charge in [-0.1, -0.05) is 23.9 Å². The summed E-state index contributed by atoms with van der Waals surface area (Å²) in [5, 5.41) is 2.63. The third-order valence-corrected chi connectivity index (χ3v) is 3.79. The second-order valence-electron chi connectivity index (χ2n) is 4.40. The fourth-order valence-electron chi connectivity index (χ4n) is 1.94. The zero-order valence-electron chi connectivity index (χ0n) is 12.5. The summed E-state index contributed by atoms with van der Waals surface area (Å²) < 4.78 is 35.4. The number of nitrogens with one attached hydrogen (secondary N) is 1. The van der Waals surface area contributed by atoms with Crippen molar-refractivity contribution in [3.05, 3.63) is 48.0 Å². The average molecular weight is 339 g/mol. The van der Waals surface area contributed by atoms with Gasteiger partial charge in [0.05, 0.1) is 25.5 Å². The maximum absolute atomic E-state index is 12.6. The molecule has 2 rings (SSSR count). The van der Waals surface area contributed by atoms with Crippen molar-refractivity contribution in [2.45, 2.75) is 10.7 Å². The van der Waals surface area contributed by atoms with Crippen LogP contribution in [0.2, 0.25) is 0 Å². The number of rotatable bonds is 6. The summed E-state index contributed by atoms with van der Waals surface area (Å²) in [5.74, 6) is -2.14. The van der Waals surface area contributed by atoms with E-state index < -0.39 is 11.7 Å². The second kappa shape index (κ2) is 7.82. The number of carbonyl (C=O) groups is 1. The highest BCUT2D eigenvalue weighted by atomic mass is 32.2. The summed E-state index contributed by atoms with van der Waals surface area (Å²) in [6.07, 6.45) is 0. The number of halogens is 2. The fourth-order valence-corrected chi connectivity index (χ4v) is 2.54. The molecule has 0 spiro atoms. The molecular weight excluding hydrogens is 324 g/mol. The maximum Gasteiger partial charge on any atom is 0.288 e. The van der Waals surface area contributed by atoms with Crippen LogP contribution in [0.3, 0.4) is 0 Å². The number of methoxy groups -OCH3 is 2. The molecule has 122 valence electrons. The van der Waals surface area contributed by atoms with E-state index in [1.54, 1.807) is 36.4 Å². The first-order valence-electron chi connectivity index (χ1n) is 6.62. The number of hydrogen-bond donors (Lipinski definition) is 1. The van der Waals surface area contributed by atoms with Gasteiger partial charge in [-0.2, -0.15) is 8.78 Å². The van der Waals surface area contributed by atoms with E-state index in [0.29, 0.717) is 33.8 Å². The van der Waals surface area contributed by atoms with Gasteiger partial charge in [0, 0.05) is 11.0 Å². The van der Waals surface area contributed by atoms with E-state index in [1.807, 2.05) is 0 Å². The standard InChI is InChI=1S/C16H15F2NO3S/c1-21-10-7-8-11(13(9-10)22-2)15(20)19-12-5-3-4-6-14(12)23-16(17)18/h3-9,16H,1-2H3,(H,19,20). The molecule has 0 bridgehead atoms. The van der Waals surface area contributed by atoms with Crippen molar-refractivity contribution >= 4 is 23.4 Å². The van der Waals surface area contributed by atoms with Gasteiger partial charge < -0.3 is 14.8 Å². The van der Waals surface area contributed by atoms with Gasteiger partial charge in [0.1, 0.15) is 11.5 Å². The molecule has 0 atom stereocenters. The predicted molar refractivity (Wildman–Crippen MR) is 85.8 cm³/mol. The Kier molecular flexibility index (Phi) is 5.81. The van der Waals surface area contributed by atoms with Crippen molar-refractivity contribution in [2.75, 3.05) is 19.5 Å². The van der Waals surface area contributed by atoms with Gasteiger partial charge in [0.15, 0.2) is 0 Å². The molecule has 1 N–H and O–H groups in total. The van der Waals surface area contributed by atoms with Gasteiger partial charge in [-0.15, -0.1) is 0 Å². The van der Waals surface area contributed by atoms with Crippen LogP contribution >= 0.6 is 11.8 Å². The molecule has 0 radical (unpaired) electrons. The molecule has 7 heteroatoms. The van der Waals surface area contributed by atoms with Crippen molar-refractivity contribution in [1.29, 1.82) is 0 Å². The summed E-state index contributed by atoms with van der Waals surface area (Å²) >= 11 is 0.379. The third-order valence-electron chi connectivity index (χ3n) is 3.00. The van der Waals surface area contributed by atoms with E-state index in [1.165, 1.54) is 20.3 Å². The molecule has 2 aromatic rings. The summed E-state index contributed by atoms with van der Waals surface area (Å²) in [7, 11) is 2.94. The highest BCUT2D eigenvalue weighted by Gasteiger charge is 2.16. The first kappa shape index (κ1) is 17.1. The number of hydrogen-bond acceptors (Lipinski definition) is 4. The lowest BCUT2D eigenvalue weighted by Crippen LogP contribution is -2.14. The Labute approximate surface area is 136 Å². The zero-order chi connectivity index (χ0) is 16.8. The molecule has 23 heavy (non-hydrogen) atoms. The highest BCUT2D eigenvalue weighted by Crippen LogP contribution is 2.32. The Morgan fingerprint density at radius 3 is 2.52 bits per heavy atom. The Balaban J connectivity index is 2.26. The van der Waals surface area contributed by atoms with Gasteiger partial charge in [-0.05, 0) is 24.3 Å². The largest absolute Gasteiger partial charge is 0.497 e. The minimum absolute atomic E-state index is 0.283. The van der Waals surface area contributed by atoms with Gasteiger partial charge in [0.25, 0.3) is 11.7 Å². The minimum Gasteiger partial charge on any atom is -0.497 e. The third kappa shape index (κ3) is 4.35. The monoisotopic (exact) mass is 339 g/mol. The van der Waals surface area contributed by atoms with Crippen LogP contribution in [-0.4, -0.2) is 25.9 Å². The summed E-state index contributed by atoms with van der Waals surface area (Å²) in [6, 6.07) is 11.1. The lowest BCUT2D eigenvalue weighted by molar-refractivity contribution is 0.102. The van der Waals surface area contributed by atoms with Crippen molar-refractivity contribution in [2.24, 2.45) is 0 Å². The number of benzene rings is 2. The summed E-state index contributed by atoms with van der Waals surface area (Å²) in [4.78, 5) is 12.7. The van der Waals surface area contributed by atoms with Crippen molar-refractivity contribution in [3.8, 4) is 11.5 Å². The Bertz CT molecular complexity index is 695. The molecule has 0 aliphatic heterocycles. The molecule has 0 saturated carbocycles. The molecule has 0 saturated heterocycles. The molecule has 0 aliphatic rings. The van der Waals surface area contributed by atoms with E-state index in [2.05, 4.69) is 5.32 Å². The predicted octanol–water partition coefficient (Wildman–Crippen LogP) is 4.27. The van der Waals surface area contributed by atoms with Crippen LogP contribution in [0.15, 0.2) is 47.4 Å². The molecule has 0 aliphatic carbocycles. The first-order chi connectivity index (χ1) is 11.0. The smallest absolute Gasteiger partial charge is 0.288 e. The Morgan fingerprint density at radius 2 is 1.87 bits per heavy atom. The van der Waals surface area contributed by atoms with Gasteiger partial charge >= 0.3 is 0 Å². The second-order valence-corrected chi connectivity index (χ2v) is 5.43. The molecule has 2 aromatic carbocycles. The number of alkyl halides is 2. The lowest BCUT2D eigenvalue weighted by atomic mass is 10.1.